The molecule has 0 heterocycles. The number of carbonyl (C=O) groups is 1. The van der Waals surface area contributed by atoms with Crippen LogP contribution in [0, 0.1) is 0 Å². The predicted octanol–water partition coefficient (Wildman–Crippen LogP) is 3.06. The van der Waals surface area contributed by atoms with Crippen LogP contribution in [0.3, 0.4) is 0 Å². The Labute approximate surface area is 87.8 Å². The van der Waals surface area contributed by atoms with E-state index in [1.54, 1.807) is 6.07 Å². The fourth-order valence-electron chi connectivity index (χ4n) is 0.747. The number of nitrogens with two attached hydrogens (primary N) is 1. The lowest BCUT2D eigenvalue weighted by molar-refractivity contribution is 0.108. The first kappa shape index (κ1) is 9.84. The van der Waals surface area contributed by atoms with E-state index in [-0.39, 0.29) is 5.56 Å². The van der Waals surface area contributed by atoms with Crippen molar-refractivity contribution in [3.8, 4) is 0 Å². The summed E-state index contributed by atoms with van der Waals surface area (Å²) in [5, 5.41) is -0.198. The molecule has 12 heavy (non-hydrogen) atoms. The minimum atomic E-state index is -0.615. The Morgan fingerprint density at radius 2 is 2.08 bits per heavy atom. The van der Waals surface area contributed by atoms with E-state index in [0.717, 1.165) is 0 Å². The molecule has 0 saturated heterocycles. The fourth-order valence-corrected chi connectivity index (χ4v) is 1.71. The maximum Gasteiger partial charge on any atom is 0.254 e. The Morgan fingerprint density at radius 3 is 2.58 bits per heavy atom. The molecule has 0 fully saturated rings. The summed E-state index contributed by atoms with van der Waals surface area (Å²) < 4.78 is 0.569. The van der Waals surface area contributed by atoms with Crippen molar-refractivity contribution < 1.29 is 4.79 Å². The van der Waals surface area contributed by atoms with Crippen LogP contribution in [0.15, 0.2) is 16.6 Å². The molecule has 0 amide bonds. The topological polar surface area (TPSA) is 43.1 Å². The van der Waals surface area contributed by atoms with Gasteiger partial charge in [-0.1, -0.05) is 11.6 Å². The van der Waals surface area contributed by atoms with Crippen LogP contribution in [0.2, 0.25) is 5.02 Å². The third-order valence-electron chi connectivity index (χ3n) is 1.31. The van der Waals surface area contributed by atoms with E-state index in [9.17, 15) is 4.79 Å². The van der Waals surface area contributed by atoms with Gasteiger partial charge in [0.1, 0.15) is 0 Å². The van der Waals surface area contributed by atoms with Gasteiger partial charge in [0.25, 0.3) is 5.24 Å². The van der Waals surface area contributed by atoms with E-state index >= 15 is 0 Å². The number of rotatable bonds is 1. The molecule has 2 nitrogen and oxygen atoms in total. The highest BCUT2D eigenvalue weighted by Gasteiger charge is 2.10. The van der Waals surface area contributed by atoms with Crippen LogP contribution in [0.5, 0.6) is 0 Å². The van der Waals surface area contributed by atoms with Crippen LogP contribution in [0.4, 0.5) is 5.69 Å². The zero-order valence-electron chi connectivity index (χ0n) is 5.77. The van der Waals surface area contributed by atoms with Crippen LogP contribution >= 0.6 is 39.1 Å². The van der Waals surface area contributed by atoms with Crippen molar-refractivity contribution in [1.82, 2.24) is 0 Å². The van der Waals surface area contributed by atoms with Crippen LogP contribution in [-0.4, -0.2) is 5.24 Å². The van der Waals surface area contributed by atoms with Crippen LogP contribution in [0.25, 0.3) is 0 Å². The van der Waals surface area contributed by atoms with Crippen molar-refractivity contribution in [3.05, 3.63) is 27.2 Å². The molecule has 5 heteroatoms. The lowest BCUT2D eigenvalue weighted by Crippen LogP contribution is -1.98. The van der Waals surface area contributed by atoms with Gasteiger partial charge in [-0.05, 0) is 39.7 Å². The molecule has 64 valence electrons. The summed E-state index contributed by atoms with van der Waals surface area (Å²) in [5.74, 6) is 0. The quantitative estimate of drug-likeness (QED) is 0.628. The standard InChI is InChI=1S/C7H4BrCl2NO/c8-5-2-3(9)1-4(6(5)11)7(10)12/h1-2H,11H2. The summed E-state index contributed by atoms with van der Waals surface area (Å²) in [6.45, 7) is 0. The molecule has 0 atom stereocenters. The van der Waals surface area contributed by atoms with E-state index in [0.29, 0.717) is 15.2 Å². The second kappa shape index (κ2) is 3.64. The average molecular weight is 269 g/mol. The van der Waals surface area contributed by atoms with Gasteiger partial charge in [0, 0.05) is 9.50 Å². The van der Waals surface area contributed by atoms with E-state index < -0.39 is 5.24 Å². The molecule has 0 radical (unpaired) electrons. The van der Waals surface area contributed by atoms with Gasteiger partial charge in [0.15, 0.2) is 0 Å². The Bertz CT molecular complexity index is 340. The molecular formula is C7H4BrCl2NO. The van der Waals surface area contributed by atoms with Gasteiger partial charge >= 0.3 is 0 Å². The Hall–Kier alpha value is -0.250. The van der Waals surface area contributed by atoms with E-state index in [4.69, 9.17) is 28.9 Å². The zero-order valence-corrected chi connectivity index (χ0v) is 8.87. The summed E-state index contributed by atoms with van der Waals surface area (Å²) in [6.07, 6.45) is 0. The summed E-state index contributed by atoms with van der Waals surface area (Å²) in [5.41, 5.74) is 6.07. The van der Waals surface area contributed by atoms with Gasteiger partial charge in [0.2, 0.25) is 0 Å². The van der Waals surface area contributed by atoms with Crippen LogP contribution in [-0.2, 0) is 0 Å². The average Bonchev–Trinajstić information content (AvgIpc) is 1.96. The lowest BCUT2D eigenvalue weighted by atomic mass is 10.2. The first-order valence-electron chi connectivity index (χ1n) is 2.96. The number of hydrogen-bond donors (Lipinski definition) is 1. The zero-order chi connectivity index (χ0) is 9.30. The third-order valence-corrected chi connectivity index (χ3v) is 2.38. The monoisotopic (exact) mass is 267 g/mol. The highest BCUT2D eigenvalue weighted by atomic mass is 79.9. The number of halogens is 3. The Morgan fingerprint density at radius 1 is 1.50 bits per heavy atom. The van der Waals surface area contributed by atoms with Gasteiger partial charge in [0.05, 0.1) is 11.3 Å². The second-order valence-corrected chi connectivity index (χ2v) is 3.76. The van der Waals surface area contributed by atoms with Crippen LogP contribution in [0.1, 0.15) is 10.4 Å². The molecule has 1 rings (SSSR count). The Kier molecular flexibility index (Phi) is 2.99. The number of hydrogen-bond acceptors (Lipinski definition) is 2. The van der Waals surface area contributed by atoms with Crippen LogP contribution < -0.4 is 5.73 Å². The van der Waals surface area contributed by atoms with E-state index in [2.05, 4.69) is 15.9 Å². The number of nitrogen functional groups attached to an aromatic ring is 1. The van der Waals surface area contributed by atoms with E-state index in [1.165, 1.54) is 6.07 Å². The van der Waals surface area contributed by atoms with E-state index in [1.807, 2.05) is 0 Å². The summed E-state index contributed by atoms with van der Waals surface area (Å²) in [4.78, 5) is 10.8. The lowest BCUT2D eigenvalue weighted by Gasteiger charge is -2.03. The van der Waals surface area contributed by atoms with Crippen molar-refractivity contribution in [2.45, 2.75) is 0 Å². The van der Waals surface area contributed by atoms with Gasteiger partial charge in [-0.25, -0.2) is 0 Å². The first-order chi connectivity index (χ1) is 5.52. The van der Waals surface area contributed by atoms with Crippen molar-refractivity contribution in [1.29, 1.82) is 0 Å². The maximum absolute atomic E-state index is 10.8. The normalized spacial score (nSPS) is 9.92. The molecule has 2 N–H and O–H groups in total. The third kappa shape index (κ3) is 1.91. The predicted molar refractivity (Wildman–Crippen MR) is 53.7 cm³/mol. The number of carbonyl (C=O) groups excluding carboxylic acids is 1. The molecule has 0 aliphatic rings. The van der Waals surface area contributed by atoms with Crippen molar-refractivity contribution in [2.75, 3.05) is 5.73 Å². The molecule has 0 aromatic heterocycles. The summed E-state index contributed by atoms with van der Waals surface area (Å²) >= 11 is 14.1. The summed E-state index contributed by atoms with van der Waals surface area (Å²) in [7, 11) is 0. The molecule has 0 saturated carbocycles. The minimum absolute atomic E-state index is 0.219. The van der Waals surface area contributed by atoms with Crippen molar-refractivity contribution in [2.24, 2.45) is 0 Å². The molecule has 0 spiro atoms. The second-order valence-electron chi connectivity index (χ2n) is 2.12. The number of benzene rings is 1. The van der Waals surface area contributed by atoms with Crippen molar-refractivity contribution in [3.63, 3.8) is 0 Å². The smallest absolute Gasteiger partial charge is 0.254 e. The molecule has 1 aromatic rings. The SMILES string of the molecule is Nc1c(Br)cc(Cl)cc1C(=O)Cl. The Balaban J connectivity index is 3.37. The maximum atomic E-state index is 10.8. The largest absolute Gasteiger partial charge is 0.397 e. The molecular weight excluding hydrogens is 265 g/mol. The van der Waals surface area contributed by atoms with Gasteiger partial charge in [-0.3, -0.25) is 4.79 Å². The molecule has 1 aromatic carbocycles. The van der Waals surface area contributed by atoms with Gasteiger partial charge in [-0.15, -0.1) is 0 Å². The molecule has 0 aliphatic carbocycles. The van der Waals surface area contributed by atoms with Gasteiger partial charge < -0.3 is 5.73 Å². The fraction of sp³-hybridized carbons (Fsp3) is 0. The molecule has 0 aliphatic heterocycles. The highest BCUT2D eigenvalue weighted by molar-refractivity contribution is 9.10. The first-order valence-corrected chi connectivity index (χ1v) is 4.51. The molecule has 0 bridgehead atoms. The van der Waals surface area contributed by atoms with Gasteiger partial charge in [-0.2, -0.15) is 0 Å². The summed E-state index contributed by atoms with van der Waals surface area (Å²) in [6, 6.07) is 3.02. The number of anilines is 1. The van der Waals surface area contributed by atoms with Crippen molar-refractivity contribution >= 4 is 50.1 Å². The highest BCUT2D eigenvalue weighted by Crippen LogP contribution is 2.28. The minimum Gasteiger partial charge on any atom is -0.397 e. The molecule has 0 unspecified atom stereocenters.